The third-order valence-electron chi connectivity index (χ3n) is 4.04. The first-order valence-corrected chi connectivity index (χ1v) is 8.09. The molecular weight excluding hydrogens is 298 g/mol. The Bertz CT molecular complexity index is 781. The van der Waals surface area contributed by atoms with E-state index in [9.17, 15) is 4.79 Å². The van der Waals surface area contributed by atoms with Crippen LogP contribution in [0.5, 0.6) is 0 Å². The van der Waals surface area contributed by atoms with Crippen molar-refractivity contribution < 1.29 is 4.79 Å². The third-order valence-corrected chi connectivity index (χ3v) is 4.04. The van der Waals surface area contributed by atoms with E-state index < -0.39 is 0 Å². The smallest absolute Gasteiger partial charge is 0.221 e. The normalized spacial score (nSPS) is 11.9. The van der Waals surface area contributed by atoms with Gasteiger partial charge in [0.25, 0.3) is 0 Å². The Kier molecular flexibility index (Phi) is 5.06. The number of hydrogen-bond donors (Lipinski definition) is 1. The fraction of sp³-hybridized carbons (Fsp3) is 0.200. The summed E-state index contributed by atoms with van der Waals surface area (Å²) >= 11 is 0. The number of nitrogens with zero attached hydrogens (tertiary/aromatic N) is 2. The van der Waals surface area contributed by atoms with Crippen LogP contribution in [0.1, 0.15) is 29.4 Å². The van der Waals surface area contributed by atoms with Gasteiger partial charge in [0, 0.05) is 25.9 Å². The van der Waals surface area contributed by atoms with E-state index in [1.807, 2.05) is 78.5 Å². The lowest BCUT2D eigenvalue weighted by molar-refractivity contribution is -0.121. The van der Waals surface area contributed by atoms with Gasteiger partial charge in [-0.3, -0.25) is 4.79 Å². The summed E-state index contributed by atoms with van der Waals surface area (Å²) in [4.78, 5) is 16.9. The molecule has 0 saturated carbocycles. The fourth-order valence-electron chi connectivity index (χ4n) is 2.73. The summed E-state index contributed by atoms with van der Waals surface area (Å²) in [6.45, 7) is 0. The van der Waals surface area contributed by atoms with Crippen molar-refractivity contribution in [2.24, 2.45) is 7.05 Å². The van der Waals surface area contributed by atoms with Gasteiger partial charge in [0.2, 0.25) is 5.91 Å². The van der Waals surface area contributed by atoms with Crippen molar-refractivity contribution >= 4 is 5.91 Å². The second-order valence-corrected chi connectivity index (χ2v) is 5.79. The van der Waals surface area contributed by atoms with Gasteiger partial charge in [-0.2, -0.15) is 0 Å². The first-order chi connectivity index (χ1) is 11.7. The van der Waals surface area contributed by atoms with Gasteiger partial charge in [0.05, 0.1) is 0 Å². The SMILES string of the molecule is Cn1ccnc1[C@H](NC(=O)CCc1ccccc1)c1ccccc1. The van der Waals surface area contributed by atoms with Crippen molar-refractivity contribution in [1.82, 2.24) is 14.9 Å². The summed E-state index contributed by atoms with van der Waals surface area (Å²) in [6.07, 6.45) is 4.83. The number of aryl methyl sites for hydroxylation is 2. The topological polar surface area (TPSA) is 46.9 Å². The Balaban J connectivity index is 1.72. The molecule has 0 fully saturated rings. The highest BCUT2D eigenvalue weighted by atomic mass is 16.1. The molecule has 0 aliphatic carbocycles. The molecule has 122 valence electrons. The van der Waals surface area contributed by atoms with Gasteiger partial charge in [0.15, 0.2) is 0 Å². The van der Waals surface area contributed by atoms with E-state index in [-0.39, 0.29) is 11.9 Å². The average molecular weight is 319 g/mol. The van der Waals surface area contributed by atoms with E-state index in [0.29, 0.717) is 6.42 Å². The van der Waals surface area contributed by atoms with Crippen LogP contribution in [0.15, 0.2) is 73.1 Å². The predicted molar refractivity (Wildman–Crippen MR) is 94.4 cm³/mol. The molecular formula is C20H21N3O. The standard InChI is InChI=1S/C20H21N3O/c1-23-15-14-21-20(23)19(17-10-6-3-7-11-17)22-18(24)13-12-16-8-4-2-5-9-16/h2-11,14-15,19H,12-13H2,1H3,(H,22,24)/t19-/m1/s1. The van der Waals surface area contributed by atoms with Crippen LogP contribution in [0, 0.1) is 0 Å². The first kappa shape index (κ1) is 16.0. The van der Waals surface area contributed by atoms with Crippen molar-refractivity contribution in [3.05, 3.63) is 90.0 Å². The zero-order valence-electron chi connectivity index (χ0n) is 13.7. The van der Waals surface area contributed by atoms with Crippen LogP contribution >= 0.6 is 0 Å². The molecule has 2 aromatic carbocycles. The summed E-state index contributed by atoms with van der Waals surface area (Å²) in [5, 5.41) is 3.12. The van der Waals surface area contributed by atoms with Crippen LogP contribution in [0.2, 0.25) is 0 Å². The van der Waals surface area contributed by atoms with Crippen LogP contribution in [0.25, 0.3) is 0 Å². The summed E-state index contributed by atoms with van der Waals surface area (Å²) in [7, 11) is 1.94. The van der Waals surface area contributed by atoms with Gasteiger partial charge >= 0.3 is 0 Å². The predicted octanol–water partition coefficient (Wildman–Crippen LogP) is 3.26. The van der Waals surface area contributed by atoms with E-state index in [1.165, 1.54) is 5.56 Å². The maximum atomic E-state index is 12.5. The van der Waals surface area contributed by atoms with E-state index >= 15 is 0 Å². The van der Waals surface area contributed by atoms with Crippen molar-refractivity contribution in [2.75, 3.05) is 0 Å². The molecule has 0 spiro atoms. The molecule has 0 aliphatic heterocycles. The lowest BCUT2D eigenvalue weighted by atomic mass is 10.1. The van der Waals surface area contributed by atoms with Gasteiger partial charge in [-0.05, 0) is 17.5 Å². The van der Waals surface area contributed by atoms with E-state index in [1.54, 1.807) is 6.20 Å². The van der Waals surface area contributed by atoms with Crippen molar-refractivity contribution in [1.29, 1.82) is 0 Å². The average Bonchev–Trinajstić information content (AvgIpc) is 3.05. The monoisotopic (exact) mass is 319 g/mol. The van der Waals surface area contributed by atoms with Gasteiger partial charge in [-0.25, -0.2) is 4.98 Å². The largest absolute Gasteiger partial charge is 0.342 e. The Labute approximate surface area is 142 Å². The Hall–Kier alpha value is -2.88. The molecule has 4 nitrogen and oxygen atoms in total. The molecule has 3 rings (SSSR count). The maximum absolute atomic E-state index is 12.5. The maximum Gasteiger partial charge on any atom is 0.221 e. The molecule has 1 aromatic heterocycles. The van der Waals surface area contributed by atoms with Crippen LogP contribution in [-0.2, 0) is 18.3 Å². The highest BCUT2D eigenvalue weighted by Crippen LogP contribution is 2.20. The number of aromatic nitrogens is 2. The van der Waals surface area contributed by atoms with Crippen molar-refractivity contribution in [2.45, 2.75) is 18.9 Å². The van der Waals surface area contributed by atoms with Gasteiger partial charge < -0.3 is 9.88 Å². The van der Waals surface area contributed by atoms with Crippen molar-refractivity contribution in [3.63, 3.8) is 0 Å². The summed E-state index contributed by atoms with van der Waals surface area (Å²) in [5.41, 5.74) is 2.20. The molecule has 1 N–H and O–H groups in total. The zero-order valence-corrected chi connectivity index (χ0v) is 13.7. The zero-order chi connectivity index (χ0) is 16.8. The van der Waals surface area contributed by atoms with E-state index in [2.05, 4.69) is 10.3 Å². The molecule has 3 aromatic rings. The minimum Gasteiger partial charge on any atom is -0.342 e. The van der Waals surface area contributed by atoms with E-state index in [0.717, 1.165) is 17.8 Å². The van der Waals surface area contributed by atoms with Crippen molar-refractivity contribution in [3.8, 4) is 0 Å². The van der Waals surface area contributed by atoms with E-state index in [4.69, 9.17) is 0 Å². The molecule has 0 saturated heterocycles. The van der Waals surface area contributed by atoms with Crippen LogP contribution in [-0.4, -0.2) is 15.5 Å². The molecule has 1 amide bonds. The number of nitrogens with one attached hydrogen (secondary N) is 1. The minimum atomic E-state index is -0.241. The Morgan fingerprint density at radius 2 is 1.75 bits per heavy atom. The number of imidazole rings is 1. The highest BCUT2D eigenvalue weighted by molar-refractivity contribution is 5.77. The number of carbonyl (C=O) groups is 1. The lowest BCUT2D eigenvalue weighted by Crippen LogP contribution is -2.31. The van der Waals surface area contributed by atoms with Crippen LogP contribution in [0.3, 0.4) is 0 Å². The Morgan fingerprint density at radius 3 is 2.38 bits per heavy atom. The molecule has 4 heteroatoms. The number of benzene rings is 2. The second kappa shape index (κ2) is 7.59. The third kappa shape index (κ3) is 3.90. The van der Waals surface area contributed by atoms with Crippen LogP contribution < -0.4 is 5.32 Å². The summed E-state index contributed by atoms with van der Waals surface area (Å²) in [5.74, 6) is 0.852. The molecule has 24 heavy (non-hydrogen) atoms. The summed E-state index contributed by atoms with van der Waals surface area (Å²) in [6, 6.07) is 19.8. The molecule has 0 unspecified atom stereocenters. The molecule has 1 atom stereocenters. The van der Waals surface area contributed by atoms with Gasteiger partial charge in [-0.1, -0.05) is 60.7 Å². The molecule has 0 aliphatic rings. The van der Waals surface area contributed by atoms with Gasteiger partial charge in [-0.15, -0.1) is 0 Å². The number of amides is 1. The molecule has 0 bridgehead atoms. The Morgan fingerprint density at radius 1 is 1.08 bits per heavy atom. The van der Waals surface area contributed by atoms with Gasteiger partial charge in [0.1, 0.15) is 11.9 Å². The molecule has 0 radical (unpaired) electrons. The lowest BCUT2D eigenvalue weighted by Gasteiger charge is -2.19. The number of rotatable bonds is 6. The van der Waals surface area contributed by atoms with Crippen LogP contribution in [0.4, 0.5) is 0 Å². The second-order valence-electron chi connectivity index (χ2n) is 5.79. The minimum absolute atomic E-state index is 0.0238. The first-order valence-electron chi connectivity index (χ1n) is 8.09. The highest BCUT2D eigenvalue weighted by Gasteiger charge is 2.20. The number of hydrogen-bond acceptors (Lipinski definition) is 2. The molecule has 1 heterocycles. The number of carbonyl (C=O) groups excluding carboxylic acids is 1. The summed E-state index contributed by atoms with van der Waals surface area (Å²) < 4.78 is 1.94. The quantitative estimate of drug-likeness (QED) is 0.758. The fourth-order valence-corrected chi connectivity index (χ4v) is 2.73.